The number of carbonyl (C=O) groups excluding carboxylic acids is 1. The van der Waals surface area contributed by atoms with Crippen LogP contribution in [0.15, 0.2) is 24.3 Å². The van der Waals surface area contributed by atoms with Gasteiger partial charge in [0.1, 0.15) is 5.75 Å². The largest absolute Gasteiger partial charge is 0.493 e. The van der Waals surface area contributed by atoms with Gasteiger partial charge in [-0.3, -0.25) is 4.79 Å². The van der Waals surface area contributed by atoms with Gasteiger partial charge in [-0.2, -0.15) is 11.8 Å². The van der Waals surface area contributed by atoms with E-state index < -0.39 is 0 Å². The Balaban J connectivity index is 2.27. The molecule has 1 aromatic rings. The van der Waals surface area contributed by atoms with E-state index in [9.17, 15) is 4.79 Å². The number of hydrogen-bond donors (Lipinski definition) is 3. The van der Waals surface area contributed by atoms with Crippen molar-refractivity contribution in [1.29, 1.82) is 0 Å². The van der Waals surface area contributed by atoms with Gasteiger partial charge < -0.3 is 20.9 Å². The summed E-state index contributed by atoms with van der Waals surface area (Å²) >= 11 is 1.53. The fourth-order valence-corrected chi connectivity index (χ4v) is 2.31. The standard InChI is InChI=1S/C14H22N2O3S/c1-10(13(9-17)20-2)16-14(18)7-8-19-12-5-3-11(15)4-6-12/h3-6,10,13,17H,7-9,15H2,1-2H3,(H,16,18). The number of ether oxygens (including phenoxy) is 1. The number of aliphatic hydroxyl groups excluding tert-OH is 1. The molecule has 1 aromatic carbocycles. The molecule has 0 aliphatic carbocycles. The van der Waals surface area contributed by atoms with Crippen molar-refractivity contribution in [2.75, 3.05) is 25.2 Å². The zero-order chi connectivity index (χ0) is 15.0. The first-order valence-electron chi connectivity index (χ1n) is 6.48. The van der Waals surface area contributed by atoms with Gasteiger partial charge in [0, 0.05) is 17.0 Å². The lowest BCUT2D eigenvalue weighted by Crippen LogP contribution is -2.41. The van der Waals surface area contributed by atoms with E-state index in [1.807, 2.05) is 13.2 Å². The number of nitrogens with one attached hydrogen (secondary N) is 1. The second-order valence-electron chi connectivity index (χ2n) is 4.48. The normalized spacial score (nSPS) is 13.6. The molecule has 4 N–H and O–H groups in total. The van der Waals surface area contributed by atoms with E-state index in [0.29, 0.717) is 18.0 Å². The zero-order valence-electron chi connectivity index (χ0n) is 11.8. The molecule has 1 rings (SSSR count). The molecule has 0 aliphatic rings. The first-order valence-corrected chi connectivity index (χ1v) is 7.77. The van der Waals surface area contributed by atoms with Crippen LogP contribution in [-0.4, -0.2) is 41.8 Å². The second-order valence-corrected chi connectivity index (χ2v) is 5.56. The third kappa shape index (κ3) is 5.71. The molecule has 20 heavy (non-hydrogen) atoms. The van der Waals surface area contributed by atoms with E-state index in [0.717, 1.165) is 0 Å². The summed E-state index contributed by atoms with van der Waals surface area (Å²) in [4.78, 5) is 11.7. The SMILES string of the molecule is CSC(CO)C(C)NC(=O)CCOc1ccc(N)cc1. The average Bonchev–Trinajstić information content (AvgIpc) is 2.42. The quantitative estimate of drug-likeness (QED) is 0.629. The van der Waals surface area contributed by atoms with Gasteiger partial charge in [0.15, 0.2) is 0 Å². The summed E-state index contributed by atoms with van der Waals surface area (Å²) in [5.41, 5.74) is 6.25. The van der Waals surface area contributed by atoms with Crippen molar-refractivity contribution >= 4 is 23.4 Å². The van der Waals surface area contributed by atoms with Crippen LogP contribution in [0.1, 0.15) is 13.3 Å². The predicted molar refractivity (Wildman–Crippen MR) is 83.0 cm³/mol. The molecule has 0 fully saturated rings. The second kappa shape index (κ2) is 8.71. The van der Waals surface area contributed by atoms with Gasteiger partial charge in [0.2, 0.25) is 5.91 Å². The number of thioether (sulfide) groups is 1. The maximum Gasteiger partial charge on any atom is 0.223 e. The molecule has 0 spiro atoms. The number of carbonyl (C=O) groups is 1. The monoisotopic (exact) mass is 298 g/mol. The van der Waals surface area contributed by atoms with Gasteiger partial charge >= 0.3 is 0 Å². The van der Waals surface area contributed by atoms with Crippen LogP contribution in [0.2, 0.25) is 0 Å². The molecule has 0 saturated heterocycles. The fraction of sp³-hybridized carbons (Fsp3) is 0.500. The highest BCUT2D eigenvalue weighted by molar-refractivity contribution is 7.99. The van der Waals surface area contributed by atoms with Gasteiger partial charge in [-0.15, -0.1) is 0 Å². The molecule has 0 aliphatic heterocycles. The van der Waals surface area contributed by atoms with E-state index in [4.69, 9.17) is 15.6 Å². The molecule has 1 amide bonds. The maximum atomic E-state index is 11.7. The number of aliphatic hydroxyl groups is 1. The van der Waals surface area contributed by atoms with Gasteiger partial charge in [-0.1, -0.05) is 0 Å². The Morgan fingerprint density at radius 3 is 2.65 bits per heavy atom. The Morgan fingerprint density at radius 2 is 2.10 bits per heavy atom. The van der Waals surface area contributed by atoms with Crippen molar-refractivity contribution < 1.29 is 14.6 Å². The van der Waals surface area contributed by atoms with Crippen molar-refractivity contribution in [3.8, 4) is 5.75 Å². The van der Waals surface area contributed by atoms with Crippen LogP contribution in [0, 0.1) is 0 Å². The van der Waals surface area contributed by atoms with Gasteiger partial charge in [0.25, 0.3) is 0 Å². The lowest BCUT2D eigenvalue weighted by atomic mass is 10.2. The number of rotatable bonds is 8. The molecule has 0 aromatic heterocycles. The van der Waals surface area contributed by atoms with E-state index in [1.54, 1.807) is 24.3 Å². The minimum absolute atomic E-state index is 0.0111. The third-order valence-corrected chi connectivity index (χ3v) is 4.07. The molecule has 112 valence electrons. The Hall–Kier alpha value is -1.40. The zero-order valence-corrected chi connectivity index (χ0v) is 12.7. The minimum atomic E-state index is -0.0829. The van der Waals surface area contributed by atoms with Crippen LogP contribution in [0.25, 0.3) is 0 Å². The molecule has 2 unspecified atom stereocenters. The number of nitrogens with two attached hydrogens (primary N) is 1. The highest BCUT2D eigenvalue weighted by atomic mass is 32.2. The predicted octanol–water partition coefficient (Wildman–Crippen LogP) is 1.27. The van der Waals surface area contributed by atoms with E-state index in [2.05, 4.69) is 5.32 Å². The number of hydrogen-bond acceptors (Lipinski definition) is 5. The van der Waals surface area contributed by atoms with Crippen molar-refractivity contribution in [1.82, 2.24) is 5.32 Å². The van der Waals surface area contributed by atoms with Gasteiger partial charge in [0.05, 0.1) is 19.6 Å². The Kier molecular flexibility index (Phi) is 7.25. The van der Waals surface area contributed by atoms with E-state index in [-0.39, 0.29) is 30.2 Å². The van der Waals surface area contributed by atoms with Crippen LogP contribution in [0.5, 0.6) is 5.75 Å². The highest BCUT2D eigenvalue weighted by Crippen LogP contribution is 2.13. The van der Waals surface area contributed by atoms with Crippen LogP contribution >= 0.6 is 11.8 Å². The maximum absolute atomic E-state index is 11.7. The van der Waals surface area contributed by atoms with Crippen molar-refractivity contribution in [2.24, 2.45) is 0 Å². The van der Waals surface area contributed by atoms with Crippen LogP contribution in [-0.2, 0) is 4.79 Å². The summed E-state index contributed by atoms with van der Waals surface area (Å²) < 4.78 is 5.46. The summed E-state index contributed by atoms with van der Waals surface area (Å²) in [6.45, 7) is 2.24. The van der Waals surface area contributed by atoms with E-state index in [1.165, 1.54) is 11.8 Å². The topological polar surface area (TPSA) is 84.6 Å². The molecule has 5 nitrogen and oxygen atoms in total. The Bertz CT molecular complexity index is 407. The average molecular weight is 298 g/mol. The fourth-order valence-electron chi connectivity index (χ4n) is 1.68. The van der Waals surface area contributed by atoms with Crippen molar-refractivity contribution in [3.63, 3.8) is 0 Å². The lowest BCUT2D eigenvalue weighted by Gasteiger charge is -2.21. The number of benzene rings is 1. The van der Waals surface area contributed by atoms with Crippen LogP contribution in [0.3, 0.4) is 0 Å². The van der Waals surface area contributed by atoms with Gasteiger partial charge in [-0.05, 0) is 37.4 Å². The molecular formula is C14H22N2O3S. The number of amides is 1. The van der Waals surface area contributed by atoms with Crippen LogP contribution in [0.4, 0.5) is 5.69 Å². The first-order chi connectivity index (χ1) is 9.56. The molecule has 0 bridgehead atoms. The molecule has 0 radical (unpaired) electrons. The van der Waals surface area contributed by atoms with Crippen molar-refractivity contribution in [2.45, 2.75) is 24.6 Å². The highest BCUT2D eigenvalue weighted by Gasteiger charge is 2.17. The third-order valence-electron chi connectivity index (χ3n) is 2.91. The molecule has 0 saturated carbocycles. The first kappa shape index (κ1) is 16.7. The summed E-state index contributed by atoms with van der Waals surface area (Å²) in [7, 11) is 0. The summed E-state index contributed by atoms with van der Waals surface area (Å²) in [5, 5.41) is 12.0. The van der Waals surface area contributed by atoms with Crippen LogP contribution < -0.4 is 15.8 Å². The number of nitrogen functional groups attached to an aromatic ring is 1. The molecule has 0 heterocycles. The van der Waals surface area contributed by atoms with E-state index >= 15 is 0 Å². The number of anilines is 1. The van der Waals surface area contributed by atoms with Gasteiger partial charge in [-0.25, -0.2) is 0 Å². The van der Waals surface area contributed by atoms with Crippen molar-refractivity contribution in [3.05, 3.63) is 24.3 Å². The summed E-state index contributed by atoms with van der Waals surface area (Å²) in [6.07, 6.45) is 2.19. The Labute approximate surface area is 123 Å². The molecule has 2 atom stereocenters. The lowest BCUT2D eigenvalue weighted by molar-refractivity contribution is -0.122. The summed E-state index contributed by atoms with van der Waals surface area (Å²) in [5.74, 6) is 0.609. The Morgan fingerprint density at radius 1 is 1.45 bits per heavy atom. The molecular weight excluding hydrogens is 276 g/mol. The summed E-state index contributed by atoms with van der Waals surface area (Å²) in [6, 6.07) is 6.97. The molecule has 6 heteroatoms. The smallest absolute Gasteiger partial charge is 0.223 e. The minimum Gasteiger partial charge on any atom is -0.493 e.